The molecule has 0 saturated heterocycles. The number of halogens is 1. The monoisotopic (exact) mass is 340 g/mol. The van der Waals surface area contributed by atoms with Gasteiger partial charge in [-0.05, 0) is 48.9 Å². The maximum Gasteiger partial charge on any atom is 0.0705 e. The summed E-state index contributed by atoms with van der Waals surface area (Å²) in [7, 11) is 2.00. The molecule has 106 valence electrons. The van der Waals surface area contributed by atoms with Crippen LogP contribution in [0.2, 0.25) is 0 Å². The summed E-state index contributed by atoms with van der Waals surface area (Å²) in [5.74, 6) is 0. The molecule has 0 fully saturated rings. The van der Waals surface area contributed by atoms with Crippen LogP contribution in [-0.2, 0) is 0 Å². The van der Waals surface area contributed by atoms with Crippen LogP contribution in [0.15, 0.2) is 59.2 Å². The summed E-state index contributed by atoms with van der Waals surface area (Å²) in [6.07, 6.45) is 1.84. The Morgan fingerprint density at radius 2 is 1.76 bits per heavy atom. The highest BCUT2D eigenvalue weighted by molar-refractivity contribution is 9.10. The largest absolute Gasteiger partial charge is 0.309 e. The average molecular weight is 341 g/mol. The Morgan fingerprint density at radius 1 is 1.00 bits per heavy atom. The van der Waals surface area contributed by atoms with E-state index in [4.69, 9.17) is 0 Å². The van der Waals surface area contributed by atoms with Gasteiger partial charge in [0.2, 0.25) is 0 Å². The molecule has 3 aromatic rings. The number of nitrogens with one attached hydrogen (secondary N) is 1. The Bertz CT molecular complexity index is 778. The first-order chi connectivity index (χ1) is 10.2. The molecule has 0 aliphatic heterocycles. The first-order valence-electron chi connectivity index (χ1n) is 6.98. The van der Waals surface area contributed by atoms with E-state index in [2.05, 4.69) is 75.6 Å². The van der Waals surface area contributed by atoms with Crippen molar-refractivity contribution in [1.29, 1.82) is 0 Å². The molecule has 0 bridgehead atoms. The summed E-state index contributed by atoms with van der Waals surface area (Å²) in [5, 5.41) is 4.64. The predicted molar refractivity (Wildman–Crippen MR) is 91.5 cm³/mol. The van der Waals surface area contributed by atoms with Gasteiger partial charge in [-0.15, -0.1) is 0 Å². The Balaban J connectivity index is 2.21. The third kappa shape index (κ3) is 2.59. The second-order valence-corrected chi connectivity index (χ2v) is 5.95. The standard InChI is InChI=1S/C18H17BrN2/c1-12-13(6-3-9-16(12)19)18(20-2)15-7-4-10-17-14(15)8-5-11-21-17/h3-11,18,20H,1-2H3. The third-order valence-electron chi connectivity index (χ3n) is 3.90. The topological polar surface area (TPSA) is 24.9 Å². The molecule has 1 N–H and O–H groups in total. The lowest BCUT2D eigenvalue weighted by atomic mass is 9.92. The summed E-state index contributed by atoms with van der Waals surface area (Å²) < 4.78 is 1.14. The van der Waals surface area contributed by atoms with Gasteiger partial charge >= 0.3 is 0 Å². The van der Waals surface area contributed by atoms with Crippen LogP contribution in [0.4, 0.5) is 0 Å². The zero-order valence-corrected chi connectivity index (χ0v) is 13.7. The molecule has 1 unspecified atom stereocenters. The molecule has 2 aromatic carbocycles. The summed E-state index contributed by atoms with van der Waals surface area (Å²) >= 11 is 3.63. The van der Waals surface area contributed by atoms with Gasteiger partial charge in [0.1, 0.15) is 0 Å². The van der Waals surface area contributed by atoms with E-state index < -0.39 is 0 Å². The highest BCUT2D eigenvalue weighted by Gasteiger charge is 2.17. The lowest BCUT2D eigenvalue weighted by Gasteiger charge is -2.21. The average Bonchev–Trinajstić information content (AvgIpc) is 2.52. The van der Waals surface area contributed by atoms with Gasteiger partial charge in [-0.3, -0.25) is 4.98 Å². The number of nitrogens with zero attached hydrogens (tertiary/aromatic N) is 1. The zero-order valence-electron chi connectivity index (χ0n) is 12.1. The van der Waals surface area contributed by atoms with Crippen LogP contribution in [-0.4, -0.2) is 12.0 Å². The van der Waals surface area contributed by atoms with Crippen LogP contribution in [0.25, 0.3) is 10.9 Å². The molecule has 0 aliphatic carbocycles. The van der Waals surface area contributed by atoms with Gasteiger partial charge in [0.05, 0.1) is 11.6 Å². The first kappa shape index (κ1) is 14.2. The Labute approximate surface area is 133 Å². The number of pyridine rings is 1. The molecule has 3 heteroatoms. The fourth-order valence-corrected chi connectivity index (χ4v) is 3.18. The minimum Gasteiger partial charge on any atom is -0.309 e. The number of hydrogen-bond donors (Lipinski definition) is 1. The van der Waals surface area contributed by atoms with E-state index in [9.17, 15) is 0 Å². The highest BCUT2D eigenvalue weighted by Crippen LogP contribution is 2.32. The molecule has 2 nitrogen and oxygen atoms in total. The van der Waals surface area contributed by atoms with E-state index in [1.54, 1.807) is 0 Å². The molecular formula is C18H17BrN2. The van der Waals surface area contributed by atoms with Crippen LogP contribution in [0.3, 0.4) is 0 Å². The number of rotatable bonds is 3. The minimum absolute atomic E-state index is 0.149. The van der Waals surface area contributed by atoms with E-state index in [1.165, 1.54) is 22.1 Å². The van der Waals surface area contributed by atoms with E-state index >= 15 is 0 Å². The van der Waals surface area contributed by atoms with Crippen LogP contribution in [0.1, 0.15) is 22.7 Å². The van der Waals surface area contributed by atoms with Crippen LogP contribution in [0, 0.1) is 6.92 Å². The molecule has 1 heterocycles. The van der Waals surface area contributed by atoms with E-state index in [1.807, 2.05) is 19.3 Å². The summed E-state index contributed by atoms with van der Waals surface area (Å²) in [6, 6.07) is 16.9. The Kier molecular flexibility index (Phi) is 4.04. The van der Waals surface area contributed by atoms with Crippen molar-refractivity contribution in [1.82, 2.24) is 10.3 Å². The number of hydrogen-bond acceptors (Lipinski definition) is 2. The molecule has 3 rings (SSSR count). The third-order valence-corrected chi connectivity index (χ3v) is 4.76. The van der Waals surface area contributed by atoms with Crippen LogP contribution in [0.5, 0.6) is 0 Å². The second-order valence-electron chi connectivity index (χ2n) is 5.09. The van der Waals surface area contributed by atoms with Crippen molar-refractivity contribution in [2.75, 3.05) is 7.05 Å². The van der Waals surface area contributed by atoms with Gasteiger partial charge in [0.15, 0.2) is 0 Å². The SMILES string of the molecule is CNC(c1cccc(Br)c1C)c1cccc2ncccc12. The van der Waals surface area contributed by atoms with Crippen molar-refractivity contribution in [3.63, 3.8) is 0 Å². The molecule has 0 spiro atoms. The first-order valence-corrected chi connectivity index (χ1v) is 7.77. The van der Waals surface area contributed by atoms with Crippen molar-refractivity contribution in [3.8, 4) is 0 Å². The maximum atomic E-state index is 4.46. The van der Waals surface area contributed by atoms with Crippen molar-refractivity contribution < 1.29 is 0 Å². The zero-order chi connectivity index (χ0) is 14.8. The molecule has 0 saturated carbocycles. The van der Waals surface area contributed by atoms with Gasteiger partial charge in [-0.1, -0.05) is 46.3 Å². The lowest BCUT2D eigenvalue weighted by molar-refractivity contribution is 0.692. The quantitative estimate of drug-likeness (QED) is 0.752. The van der Waals surface area contributed by atoms with Gasteiger partial charge in [0, 0.05) is 16.1 Å². The van der Waals surface area contributed by atoms with E-state index in [0.717, 1.165) is 9.99 Å². The van der Waals surface area contributed by atoms with E-state index in [-0.39, 0.29) is 6.04 Å². The second kappa shape index (κ2) is 5.96. The van der Waals surface area contributed by atoms with Gasteiger partial charge < -0.3 is 5.32 Å². The smallest absolute Gasteiger partial charge is 0.0705 e. The van der Waals surface area contributed by atoms with Gasteiger partial charge in [-0.25, -0.2) is 0 Å². The van der Waals surface area contributed by atoms with Crippen molar-refractivity contribution >= 4 is 26.8 Å². The molecular weight excluding hydrogens is 324 g/mol. The van der Waals surface area contributed by atoms with Gasteiger partial charge in [-0.2, -0.15) is 0 Å². The number of aromatic nitrogens is 1. The molecule has 1 atom stereocenters. The Hall–Kier alpha value is -1.71. The summed E-state index contributed by atoms with van der Waals surface area (Å²) in [5.41, 5.74) is 4.83. The van der Waals surface area contributed by atoms with Crippen molar-refractivity contribution in [2.45, 2.75) is 13.0 Å². The summed E-state index contributed by atoms with van der Waals surface area (Å²) in [4.78, 5) is 4.46. The summed E-state index contributed by atoms with van der Waals surface area (Å²) in [6.45, 7) is 2.15. The molecule has 0 aliphatic rings. The maximum absolute atomic E-state index is 4.46. The van der Waals surface area contributed by atoms with Crippen LogP contribution >= 0.6 is 15.9 Å². The molecule has 1 aromatic heterocycles. The minimum atomic E-state index is 0.149. The van der Waals surface area contributed by atoms with Gasteiger partial charge in [0.25, 0.3) is 0 Å². The predicted octanol–water partition coefficient (Wildman–Crippen LogP) is 4.61. The normalized spacial score (nSPS) is 12.5. The van der Waals surface area contributed by atoms with E-state index in [0.29, 0.717) is 0 Å². The van der Waals surface area contributed by atoms with Crippen molar-refractivity contribution in [3.05, 3.63) is 75.9 Å². The molecule has 21 heavy (non-hydrogen) atoms. The Morgan fingerprint density at radius 3 is 2.57 bits per heavy atom. The van der Waals surface area contributed by atoms with Crippen LogP contribution < -0.4 is 5.32 Å². The number of fused-ring (bicyclic) bond motifs is 1. The lowest BCUT2D eigenvalue weighted by Crippen LogP contribution is -2.19. The number of benzene rings is 2. The fourth-order valence-electron chi connectivity index (χ4n) is 2.79. The molecule has 0 radical (unpaired) electrons. The van der Waals surface area contributed by atoms with Crippen molar-refractivity contribution in [2.24, 2.45) is 0 Å². The molecule has 0 amide bonds. The highest BCUT2D eigenvalue weighted by atomic mass is 79.9. The fraction of sp³-hybridized carbons (Fsp3) is 0.167.